The lowest BCUT2D eigenvalue weighted by Gasteiger charge is -2.26. The van der Waals surface area contributed by atoms with Gasteiger partial charge in [0.2, 0.25) is 0 Å². The van der Waals surface area contributed by atoms with Crippen LogP contribution in [-0.4, -0.2) is 53.1 Å². The Morgan fingerprint density at radius 3 is 2.69 bits per heavy atom. The third-order valence-electron chi connectivity index (χ3n) is 3.01. The van der Waals surface area contributed by atoms with Crippen LogP contribution in [0.15, 0.2) is 12.7 Å². The van der Waals surface area contributed by atoms with E-state index in [0.29, 0.717) is 19.7 Å². The molecule has 2 rings (SSSR count). The molecule has 3 amide bonds. The Labute approximate surface area is 94.6 Å². The molecule has 0 saturated carbocycles. The molecule has 0 bridgehead atoms. The number of imide groups is 1. The number of ether oxygens (including phenoxy) is 1. The molecule has 1 atom stereocenters. The van der Waals surface area contributed by atoms with E-state index >= 15 is 0 Å². The molecule has 16 heavy (non-hydrogen) atoms. The quantitative estimate of drug-likeness (QED) is 0.399. The lowest BCUT2D eigenvalue weighted by molar-refractivity contribution is -0.131. The second-order valence-corrected chi connectivity index (χ2v) is 4.61. The highest BCUT2D eigenvalue weighted by molar-refractivity contribution is 6.06. The maximum Gasteiger partial charge on any atom is 0.328 e. The molecule has 2 fully saturated rings. The first-order valence-electron chi connectivity index (χ1n) is 5.34. The summed E-state index contributed by atoms with van der Waals surface area (Å²) in [7, 11) is 0. The number of nitrogens with zero attached hydrogens (tertiary/aromatic N) is 2. The SMILES string of the molecule is C=CCN1C(=O)N(CC2CO2)C(=O)C1(C)C. The van der Waals surface area contributed by atoms with Gasteiger partial charge in [0.05, 0.1) is 19.3 Å². The molecule has 5 heteroatoms. The number of epoxide rings is 1. The highest BCUT2D eigenvalue weighted by Crippen LogP contribution is 2.28. The van der Waals surface area contributed by atoms with E-state index in [2.05, 4.69) is 6.58 Å². The second kappa shape index (κ2) is 3.59. The van der Waals surface area contributed by atoms with Gasteiger partial charge in [-0.25, -0.2) is 4.79 Å². The molecule has 1 unspecified atom stereocenters. The molecule has 0 aromatic heterocycles. The smallest absolute Gasteiger partial charge is 0.328 e. The van der Waals surface area contributed by atoms with Crippen LogP contribution >= 0.6 is 0 Å². The number of hydrogen-bond donors (Lipinski definition) is 0. The summed E-state index contributed by atoms with van der Waals surface area (Å²) in [6.07, 6.45) is 1.66. The van der Waals surface area contributed by atoms with Gasteiger partial charge in [-0.05, 0) is 13.8 Å². The topological polar surface area (TPSA) is 53.2 Å². The molecule has 2 aliphatic rings. The van der Waals surface area contributed by atoms with Gasteiger partial charge in [-0.1, -0.05) is 6.08 Å². The summed E-state index contributed by atoms with van der Waals surface area (Å²) in [4.78, 5) is 26.9. The standard InChI is InChI=1S/C11H16N2O3/c1-4-5-13-10(15)12(6-8-7-16-8)9(14)11(13,2)3/h4,8H,1,5-7H2,2-3H3. The van der Waals surface area contributed by atoms with Crippen molar-refractivity contribution in [2.75, 3.05) is 19.7 Å². The summed E-state index contributed by atoms with van der Waals surface area (Å²) in [5.74, 6) is -0.158. The van der Waals surface area contributed by atoms with Crippen LogP contribution in [0.2, 0.25) is 0 Å². The van der Waals surface area contributed by atoms with E-state index < -0.39 is 5.54 Å². The van der Waals surface area contributed by atoms with Crippen molar-refractivity contribution in [2.24, 2.45) is 0 Å². The maximum absolute atomic E-state index is 12.1. The summed E-state index contributed by atoms with van der Waals surface area (Å²) in [5, 5.41) is 0. The van der Waals surface area contributed by atoms with Crippen molar-refractivity contribution in [3.8, 4) is 0 Å². The van der Waals surface area contributed by atoms with Gasteiger partial charge in [-0.2, -0.15) is 0 Å². The summed E-state index contributed by atoms with van der Waals surface area (Å²) in [5.41, 5.74) is -0.778. The maximum atomic E-state index is 12.1. The molecule has 0 aliphatic carbocycles. The fourth-order valence-corrected chi connectivity index (χ4v) is 1.89. The predicted octanol–water partition coefficient (Wildman–Crippen LogP) is 0.614. The van der Waals surface area contributed by atoms with Gasteiger partial charge < -0.3 is 9.64 Å². The van der Waals surface area contributed by atoms with Crippen molar-refractivity contribution in [1.82, 2.24) is 9.80 Å². The minimum atomic E-state index is -0.778. The molecule has 88 valence electrons. The molecule has 0 aromatic carbocycles. The first kappa shape index (κ1) is 11.1. The van der Waals surface area contributed by atoms with Crippen molar-refractivity contribution in [1.29, 1.82) is 0 Å². The zero-order valence-corrected chi connectivity index (χ0v) is 9.60. The predicted molar refractivity (Wildman–Crippen MR) is 57.8 cm³/mol. The Kier molecular flexibility index (Phi) is 2.50. The van der Waals surface area contributed by atoms with Crippen LogP contribution in [0.5, 0.6) is 0 Å². The number of amides is 3. The Hall–Kier alpha value is -1.36. The Morgan fingerprint density at radius 1 is 1.56 bits per heavy atom. The average molecular weight is 224 g/mol. The Morgan fingerprint density at radius 2 is 2.19 bits per heavy atom. The molecule has 0 spiro atoms. The van der Waals surface area contributed by atoms with Gasteiger partial charge in [0.1, 0.15) is 5.54 Å². The summed E-state index contributed by atoms with van der Waals surface area (Å²) in [6, 6.07) is -0.245. The highest BCUT2D eigenvalue weighted by Gasteiger charge is 2.51. The van der Waals surface area contributed by atoms with E-state index in [9.17, 15) is 9.59 Å². The largest absolute Gasteiger partial charge is 0.371 e. The lowest BCUT2D eigenvalue weighted by atomic mass is 10.0. The summed E-state index contributed by atoms with van der Waals surface area (Å²) >= 11 is 0. The molecule has 0 radical (unpaired) electrons. The monoisotopic (exact) mass is 224 g/mol. The van der Waals surface area contributed by atoms with E-state index in [1.807, 2.05) is 0 Å². The fraction of sp³-hybridized carbons (Fsp3) is 0.636. The minimum Gasteiger partial charge on any atom is -0.371 e. The molecule has 0 aromatic rings. The van der Waals surface area contributed by atoms with Crippen LogP contribution in [0, 0.1) is 0 Å². The van der Waals surface area contributed by atoms with Crippen LogP contribution in [0.3, 0.4) is 0 Å². The van der Waals surface area contributed by atoms with Gasteiger partial charge in [0.25, 0.3) is 5.91 Å². The number of hydrogen-bond acceptors (Lipinski definition) is 3. The van der Waals surface area contributed by atoms with Gasteiger partial charge in [0, 0.05) is 6.54 Å². The second-order valence-electron chi connectivity index (χ2n) is 4.61. The highest BCUT2D eigenvalue weighted by atomic mass is 16.6. The first-order valence-corrected chi connectivity index (χ1v) is 5.34. The number of urea groups is 1. The number of rotatable bonds is 4. The molecule has 2 heterocycles. The van der Waals surface area contributed by atoms with Gasteiger partial charge >= 0.3 is 6.03 Å². The van der Waals surface area contributed by atoms with Crippen LogP contribution in [0.4, 0.5) is 4.79 Å². The zero-order chi connectivity index (χ0) is 11.9. The minimum absolute atomic E-state index is 0.0346. The van der Waals surface area contributed by atoms with Gasteiger partial charge in [0.15, 0.2) is 0 Å². The van der Waals surface area contributed by atoms with Crippen molar-refractivity contribution < 1.29 is 14.3 Å². The van der Waals surface area contributed by atoms with E-state index in [0.717, 1.165) is 0 Å². The van der Waals surface area contributed by atoms with Gasteiger partial charge in [-0.3, -0.25) is 9.69 Å². The van der Waals surface area contributed by atoms with Crippen LogP contribution in [0.25, 0.3) is 0 Å². The number of carbonyl (C=O) groups excluding carboxylic acids is 2. The average Bonchev–Trinajstić information content (AvgIpc) is 3.01. The van der Waals surface area contributed by atoms with Crippen LogP contribution in [-0.2, 0) is 9.53 Å². The van der Waals surface area contributed by atoms with E-state index in [1.165, 1.54) is 9.80 Å². The first-order chi connectivity index (χ1) is 7.48. The summed E-state index contributed by atoms with van der Waals surface area (Å²) < 4.78 is 5.05. The Balaban J connectivity index is 2.19. The lowest BCUT2D eigenvalue weighted by Crippen LogP contribution is -2.44. The normalized spacial score (nSPS) is 27.5. The Bertz CT molecular complexity index is 347. The molecule has 0 N–H and O–H groups in total. The molecule has 2 saturated heterocycles. The van der Waals surface area contributed by atoms with Crippen molar-refractivity contribution in [3.63, 3.8) is 0 Å². The van der Waals surface area contributed by atoms with E-state index in [1.54, 1.807) is 19.9 Å². The molecular formula is C11H16N2O3. The third-order valence-corrected chi connectivity index (χ3v) is 3.01. The zero-order valence-electron chi connectivity index (χ0n) is 9.60. The van der Waals surface area contributed by atoms with Crippen LogP contribution < -0.4 is 0 Å². The number of carbonyl (C=O) groups is 2. The molecule has 2 aliphatic heterocycles. The molecular weight excluding hydrogens is 208 g/mol. The van der Waals surface area contributed by atoms with Crippen LogP contribution in [0.1, 0.15) is 13.8 Å². The van der Waals surface area contributed by atoms with E-state index in [-0.39, 0.29) is 18.0 Å². The van der Waals surface area contributed by atoms with Crippen molar-refractivity contribution in [2.45, 2.75) is 25.5 Å². The third kappa shape index (κ3) is 1.61. The van der Waals surface area contributed by atoms with Crippen molar-refractivity contribution >= 4 is 11.9 Å². The summed E-state index contributed by atoms with van der Waals surface area (Å²) in [6.45, 7) is 8.50. The fourth-order valence-electron chi connectivity index (χ4n) is 1.89. The van der Waals surface area contributed by atoms with Crippen molar-refractivity contribution in [3.05, 3.63) is 12.7 Å². The molecule has 5 nitrogen and oxygen atoms in total. The van der Waals surface area contributed by atoms with E-state index in [4.69, 9.17) is 4.74 Å². The van der Waals surface area contributed by atoms with Gasteiger partial charge in [-0.15, -0.1) is 6.58 Å².